The number of aliphatic hydroxyl groups excluding tert-OH is 1. The summed E-state index contributed by atoms with van der Waals surface area (Å²) >= 11 is 0. The van der Waals surface area contributed by atoms with Crippen LogP contribution in [0.25, 0.3) is 0 Å². The smallest absolute Gasteiger partial charge is 0.270 e. The lowest BCUT2D eigenvalue weighted by Crippen LogP contribution is -2.46. The second kappa shape index (κ2) is 4.53. The van der Waals surface area contributed by atoms with Gasteiger partial charge in [-0.25, -0.2) is 0 Å². The average Bonchev–Trinajstić information content (AvgIpc) is 2.56. The average molecular weight is 236 g/mol. The van der Waals surface area contributed by atoms with Crippen LogP contribution in [0.2, 0.25) is 0 Å². The first-order valence-electron chi connectivity index (χ1n) is 6.08. The van der Waals surface area contributed by atoms with Gasteiger partial charge in [-0.1, -0.05) is 6.92 Å². The van der Waals surface area contributed by atoms with Crippen LogP contribution in [0.3, 0.4) is 0 Å². The lowest BCUT2D eigenvalue weighted by atomic mass is 9.97. The van der Waals surface area contributed by atoms with Gasteiger partial charge in [-0.05, 0) is 30.9 Å². The number of carbonyl (C=O) groups excluding carboxylic acids is 1. The number of aliphatic hydroxyl groups is 1. The van der Waals surface area contributed by atoms with E-state index in [0.717, 1.165) is 24.2 Å². The highest BCUT2D eigenvalue weighted by Gasteiger charge is 2.28. The summed E-state index contributed by atoms with van der Waals surface area (Å²) in [6.45, 7) is 5.20. The van der Waals surface area contributed by atoms with Crippen molar-refractivity contribution in [2.24, 2.45) is 13.0 Å². The molecule has 1 saturated heterocycles. The van der Waals surface area contributed by atoms with Crippen molar-refractivity contribution in [1.29, 1.82) is 0 Å². The molecule has 17 heavy (non-hydrogen) atoms. The van der Waals surface area contributed by atoms with E-state index in [2.05, 4.69) is 6.92 Å². The number of hydrogen-bond acceptors (Lipinski definition) is 2. The second-order valence-electron chi connectivity index (χ2n) is 5.16. The van der Waals surface area contributed by atoms with Gasteiger partial charge in [0.25, 0.3) is 5.91 Å². The molecule has 4 nitrogen and oxygen atoms in total. The molecule has 1 aromatic rings. The summed E-state index contributed by atoms with van der Waals surface area (Å²) in [5, 5.41) is 9.73. The zero-order valence-corrected chi connectivity index (χ0v) is 10.7. The van der Waals surface area contributed by atoms with Gasteiger partial charge >= 0.3 is 0 Å². The van der Waals surface area contributed by atoms with Crippen LogP contribution in [0.1, 0.15) is 29.4 Å². The molecule has 94 valence electrons. The molecule has 0 saturated carbocycles. The van der Waals surface area contributed by atoms with Crippen LogP contribution in [0.5, 0.6) is 0 Å². The standard InChI is InChI=1S/C13H20N2O2/c1-9-6-11(16)8-15(7-9)13(17)12-10(2)4-5-14(12)3/h4-5,9,11,16H,6-8H2,1-3H3/t9-,11+/m1/s1. The van der Waals surface area contributed by atoms with E-state index in [0.29, 0.717) is 12.5 Å². The van der Waals surface area contributed by atoms with Gasteiger partial charge in [0.15, 0.2) is 0 Å². The predicted molar refractivity (Wildman–Crippen MR) is 65.8 cm³/mol. The molecular weight excluding hydrogens is 216 g/mol. The zero-order chi connectivity index (χ0) is 12.6. The van der Waals surface area contributed by atoms with Crippen LogP contribution in [-0.4, -0.2) is 39.7 Å². The van der Waals surface area contributed by atoms with E-state index in [1.54, 1.807) is 4.90 Å². The van der Waals surface area contributed by atoms with E-state index in [9.17, 15) is 9.90 Å². The topological polar surface area (TPSA) is 45.5 Å². The molecule has 1 aromatic heterocycles. The van der Waals surface area contributed by atoms with E-state index >= 15 is 0 Å². The fourth-order valence-corrected chi connectivity index (χ4v) is 2.61. The monoisotopic (exact) mass is 236 g/mol. The molecule has 0 radical (unpaired) electrons. The van der Waals surface area contributed by atoms with Crippen molar-refractivity contribution in [3.63, 3.8) is 0 Å². The van der Waals surface area contributed by atoms with Crippen molar-refractivity contribution >= 4 is 5.91 Å². The second-order valence-corrected chi connectivity index (χ2v) is 5.16. The molecule has 1 fully saturated rings. The van der Waals surface area contributed by atoms with E-state index in [-0.39, 0.29) is 12.0 Å². The molecule has 1 aliphatic rings. The highest BCUT2D eigenvalue weighted by Crippen LogP contribution is 2.20. The molecule has 0 aromatic carbocycles. The fraction of sp³-hybridized carbons (Fsp3) is 0.615. The molecule has 0 spiro atoms. The van der Waals surface area contributed by atoms with Gasteiger partial charge in [0.05, 0.1) is 6.10 Å². The number of carbonyl (C=O) groups is 1. The summed E-state index contributed by atoms with van der Waals surface area (Å²) in [6.07, 6.45) is 2.30. The number of hydrogen-bond donors (Lipinski definition) is 1. The Bertz CT molecular complexity index is 396. The third-order valence-corrected chi connectivity index (χ3v) is 3.40. The van der Waals surface area contributed by atoms with Crippen LogP contribution in [0.15, 0.2) is 12.3 Å². The SMILES string of the molecule is Cc1ccn(C)c1C(=O)N1C[C@H](C)C[C@H](O)C1. The molecule has 0 aliphatic carbocycles. The van der Waals surface area contributed by atoms with Gasteiger partial charge in [0.2, 0.25) is 0 Å². The van der Waals surface area contributed by atoms with Crippen LogP contribution in [-0.2, 0) is 7.05 Å². The minimum absolute atomic E-state index is 0.0283. The summed E-state index contributed by atoms with van der Waals surface area (Å²) in [4.78, 5) is 14.2. The fourth-order valence-electron chi connectivity index (χ4n) is 2.61. The molecular formula is C13H20N2O2. The molecule has 4 heteroatoms. The summed E-state index contributed by atoms with van der Waals surface area (Å²) in [6, 6.07) is 1.94. The largest absolute Gasteiger partial charge is 0.391 e. The maximum atomic E-state index is 12.4. The van der Waals surface area contributed by atoms with Gasteiger partial charge in [-0.2, -0.15) is 0 Å². The van der Waals surface area contributed by atoms with Gasteiger partial charge in [0, 0.05) is 26.3 Å². The third kappa shape index (κ3) is 2.36. The molecule has 0 bridgehead atoms. The van der Waals surface area contributed by atoms with Crippen LogP contribution >= 0.6 is 0 Å². The molecule has 2 rings (SSSR count). The number of likely N-dealkylation sites (tertiary alicyclic amines) is 1. The summed E-state index contributed by atoms with van der Waals surface area (Å²) in [7, 11) is 1.88. The third-order valence-electron chi connectivity index (χ3n) is 3.40. The highest BCUT2D eigenvalue weighted by atomic mass is 16.3. The summed E-state index contributed by atoms with van der Waals surface area (Å²) in [5.41, 5.74) is 1.72. The Kier molecular flexibility index (Phi) is 3.24. The summed E-state index contributed by atoms with van der Waals surface area (Å²) < 4.78 is 1.85. The number of amides is 1. The maximum absolute atomic E-state index is 12.4. The van der Waals surface area contributed by atoms with Gasteiger partial charge in [-0.15, -0.1) is 0 Å². The first-order valence-corrected chi connectivity index (χ1v) is 6.08. The van der Waals surface area contributed by atoms with Crippen molar-refractivity contribution < 1.29 is 9.90 Å². The van der Waals surface area contributed by atoms with Crippen molar-refractivity contribution in [1.82, 2.24) is 9.47 Å². The lowest BCUT2D eigenvalue weighted by molar-refractivity contribution is 0.0331. The van der Waals surface area contributed by atoms with E-state index < -0.39 is 0 Å². The molecule has 2 heterocycles. The normalized spacial score (nSPS) is 25.1. The Labute approximate surface area is 102 Å². The molecule has 2 atom stereocenters. The number of β-amino-alcohol motifs (C(OH)–C–C–N with tert-alkyl or cyclic N) is 1. The number of rotatable bonds is 1. The Hall–Kier alpha value is -1.29. The maximum Gasteiger partial charge on any atom is 0.270 e. The van der Waals surface area contributed by atoms with Crippen LogP contribution < -0.4 is 0 Å². The number of piperidine rings is 1. The van der Waals surface area contributed by atoms with E-state index in [1.807, 2.05) is 30.8 Å². The number of nitrogens with zero attached hydrogens (tertiary/aromatic N) is 2. The molecule has 1 amide bonds. The van der Waals surface area contributed by atoms with E-state index in [4.69, 9.17) is 0 Å². The van der Waals surface area contributed by atoms with E-state index in [1.165, 1.54) is 0 Å². The van der Waals surface area contributed by atoms with Gasteiger partial charge in [-0.3, -0.25) is 4.79 Å². The Morgan fingerprint density at radius 3 is 2.71 bits per heavy atom. The first kappa shape index (κ1) is 12.2. The van der Waals surface area contributed by atoms with Gasteiger partial charge < -0.3 is 14.6 Å². The number of aromatic nitrogens is 1. The zero-order valence-electron chi connectivity index (χ0n) is 10.7. The molecule has 1 aliphatic heterocycles. The first-order chi connectivity index (χ1) is 7.99. The van der Waals surface area contributed by atoms with Gasteiger partial charge in [0.1, 0.15) is 5.69 Å². The Balaban J connectivity index is 2.20. The Morgan fingerprint density at radius 2 is 2.18 bits per heavy atom. The van der Waals surface area contributed by atoms with Crippen LogP contribution in [0.4, 0.5) is 0 Å². The van der Waals surface area contributed by atoms with Crippen molar-refractivity contribution in [2.75, 3.05) is 13.1 Å². The number of aryl methyl sites for hydroxylation is 2. The Morgan fingerprint density at radius 1 is 1.47 bits per heavy atom. The van der Waals surface area contributed by atoms with Crippen LogP contribution in [0, 0.1) is 12.8 Å². The van der Waals surface area contributed by atoms with Crippen molar-refractivity contribution in [3.05, 3.63) is 23.5 Å². The summed E-state index contributed by atoms with van der Waals surface area (Å²) in [5.74, 6) is 0.392. The molecule has 1 N–H and O–H groups in total. The highest BCUT2D eigenvalue weighted by molar-refractivity contribution is 5.94. The van der Waals surface area contributed by atoms with Crippen molar-refractivity contribution in [3.8, 4) is 0 Å². The predicted octanol–water partition coefficient (Wildman–Crippen LogP) is 1.18. The lowest BCUT2D eigenvalue weighted by Gasteiger charge is -2.34. The minimum atomic E-state index is -0.386. The quantitative estimate of drug-likeness (QED) is 0.795. The molecule has 0 unspecified atom stereocenters. The van der Waals surface area contributed by atoms with Crippen molar-refractivity contribution in [2.45, 2.75) is 26.4 Å². The minimum Gasteiger partial charge on any atom is -0.391 e.